The van der Waals surface area contributed by atoms with Gasteiger partial charge in [0, 0.05) is 23.2 Å². The number of imidazole rings is 1. The Morgan fingerprint density at radius 2 is 2.04 bits per heavy atom. The number of aryl methyl sites for hydroxylation is 1. The highest BCUT2D eigenvalue weighted by atomic mass is 35.5. The van der Waals surface area contributed by atoms with Crippen LogP contribution in [0.2, 0.25) is 5.02 Å². The van der Waals surface area contributed by atoms with Gasteiger partial charge in [0.2, 0.25) is 11.8 Å². The molecule has 0 saturated carbocycles. The zero-order valence-electron chi connectivity index (χ0n) is 12.4. The summed E-state index contributed by atoms with van der Waals surface area (Å²) in [5.74, 6) is 0.120. The molecular weight excluding hydrogens is 320 g/mol. The van der Waals surface area contributed by atoms with Crippen LogP contribution in [-0.4, -0.2) is 30.8 Å². The van der Waals surface area contributed by atoms with E-state index in [1.54, 1.807) is 12.3 Å². The van der Waals surface area contributed by atoms with E-state index >= 15 is 0 Å². The number of aliphatic carboxylic acids is 1. The maximum Gasteiger partial charge on any atom is 0.312 e. The zero-order valence-corrected chi connectivity index (χ0v) is 13.2. The maximum atomic E-state index is 10.7. The van der Waals surface area contributed by atoms with Crippen molar-refractivity contribution in [1.82, 2.24) is 19.7 Å². The van der Waals surface area contributed by atoms with Crippen molar-refractivity contribution in [1.29, 1.82) is 0 Å². The van der Waals surface area contributed by atoms with Gasteiger partial charge in [0.05, 0.1) is 11.9 Å². The molecule has 2 heterocycles. The van der Waals surface area contributed by atoms with E-state index in [2.05, 4.69) is 15.2 Å². The van der Waals surface area contributed by atoms with Gasteiger partial charge in [-0.15, -0.1) is 10.2 Å². The van der Waals surface area contributed by atoms with Crippen LogP contribution < -0.4 is 0 Å². The Kier molecular flexibility index (Phi) is 3.87. The molecule has 0 amide bonds. The van der Waals surface area contributed by atoms with Crippen molar-refractivity contribution in [2.45, 2.75) is 13.3 Å². The number of nitrogens with zero attached hydrogens (tertiary/aromatic N) is 4. The second-order valence-electron chi connectivity index (χ2n) is 5.05. The lowest BCUT2D eigenvalue weighted by Gasteiger charge is -2.06. The van der Waals surface area contributed by atoms with E-state index in [0.717, 1.165) is 17.1 Å². The van der Waals surface area contributed by atoms with Crippen LogP contribution in [0, 0.1) is 6.92 Å². The first kappa shape index (κ1) is 15.2. The third kappa shape index (κ3) is 3.09. The van der Waals surface area contributed by atoms with E-state index in [9.17, 15) is 4.79 Å². The number of carbonyl (C=O) groups is 1. The van der Waals surface area contributed by atoms with E-state index in [1.807, 2.05) is 30.7 Å². The molecule has 0 aliphatic heterocycles. The van der Waals surface area contributed by atoms with Crippen molar-refractivity contribution in [2.24, 2.45) is 7.05 Å². The SMILES string of the molecule is Cc1ncc(-c2cc(Cl)cc(-c3nnc(CC(=O)O)o3)c2)n1C. The van der Waals surface area contributed by atoms with Crippen molar-refractivity contribution in [2.75, 3.05) is 0 Å². The molecule has 3 rings (SSSR count). The maximum absolute atomic E-state index is 10.7. The summed E-state index contributed by atoms with van der Waals surface area (Å²) in [5.41, 5.74) is 2.38. The molecule has 1 N–H and O–H groups in total. The van der Waals surface area contributed by atoms with Crippen molar-refractivity contribution in [3.63, 3.8) is 0 Å². The highest BCUT2D eigenvalue weighted by molar-refractivity contribution is 6.31. The average molecular weight is 333 g/mol. The van der Waals surface area contributed by atoms with Crippen LogP contribution in [0.4, 0.5) is 0 Å². The van der Waals surface area contributed by atoms with Crippen LogP contribution >= 0.6 is 11.6 Å². The number of carboxylic acids is 1. The van der Waals surface area contributed by atoms with Gasteiger partial charge >= 0.3 is 5.97 Å². The van der Waals surface area contributed by atoms with Gasteiger partial charge in [0.15, 0.2) is 0 Å². The quantitative estimate of drug-likeness (QED) is 0.789. The molecule has 0 fully saturated rings. The van der Waals surface area contributed by atoms with Gasteiger partial charge in [-0.1, -0.05) is 11.6 Å². The van der Waals surface area contributed by atoms with Crippen LogP contribution in [0.25, 0.3) is 22.7 Å². The minimum Gasteiger partial charge on any atom is -0.481 e. The Hall–Kier alpha value is -2.67. The molecule has 2 aromatic heterocycles. The van der Waals surface area contributed by atoms with E-state index < -0.39 is 5.97 Å². The molecule has 3 aromatic rings. The van der Waals surface area contributed by atoms with Gasteiger partial charge in [-0.25, -0.2) is 4.98 Å². The van der Waals surface area contributed by atoms with Gasteiger partial charge in [0.1, 0.15) is 12.2 Å². The average Bonchev–Trinajstić information content (AvgIpc) is 3.06. The van der Waals surface area contributed by atoms with Crippen LogP contribution in [0.15, 0.2) is 28.8 Å². The van der Waals surface area contributed by atoms with Gasteiger partial charge < -0.3 is 14.1 Å². The first-order valence-electron chi connectivity index (χ1n) is 6.78. The lowest BCUT2D eigenvalue weighted by atomic mass is 10.1. The highest BCUT2D eigenvalue weighted by Crippen LogP contribution is 2.30. The van der Waals surface area contributed by atoms with Crippen molar-refractivity contribution >= 4 is 17.6 Å². The molecule has 8 heteroatoms. The van der Waals surface area contributed by atoms with Crippen molar-refractivity contribution in [3.8, 4) is 22.7 Å². The summed E-state index contributed by atoms with van der Waals surface area (Å²) in [4.78, 5) is 15.0. The Bertz CT molecular complexity index is 885. The van der Waals surface area contributed by atoms with Crippen molar-refractivity contribution in [3.05, 3.63) is 41.1 Å². The van der Waals surface area contributed by atoms with E-state index in [-0.39, 0.29) is 18.2 Å². The van der Waals surface area contributed by atoms with Crippen LogP contribution in [0.1, 0.15) is 11.7 Å². The van der Waals surface area contributed by atoms with Crippen LogP contribution in [0.5, 0.6) is 0 Å². The fourth-order valence-corrected chi connectivity index (χ4v) is 2.44. The molecule has 0 spiro atoms. The van der Waals surface area contributed by atoms with Gasteiger partial charge in [-0.3, -0.25) is 4.79 Å². The molecule has 7 nitrogen and oxygen atoms in total. The lowest BCUT2D eigenvalue weighted by molar-refractivity contribution is -0.136. The smallest absolute Gasteiger partial charge is 0.312 e. The molecule has 0 radical (unpaired) electrons. The summed E-state index contributed by atoms with van der Waals surface area (Å²) in [5, 5.41) is 16.9. The number of halogens is 1. The number of rotatable bonds is 4. The predicted octanol–water partition coefficient (Wildman–Crippen LogP) is 2.73. The summed E-state index contributed by atoms with van der Waals surface area (Å²) in [6.45, 7) is 1.91. The molecule has 0 aliphatic rings. The van der Waals surface area contributed by atoms with Gasteiger partial charge in [-0.05, 0) is 25.1 Å². The number of hydrogen-bond acceptors (Lipinski definition) is 5. The standard InChI is InChI=1S/C15H13ClN4O3/c1-8-17-7-12(20(8)2)9-3-10(5-11(16)4-9)15-19-18-13(23-15)6-14(21)22/h3-5,7H,6H2,1-2H3,(H,21,22). The topological polar surface area (TPSA) is 94.0 Å². The Morgan fingerprint density at radius 1 is 1.30 bits per heavy atom. The number of aromatic nitrogens is 4. The van der Waals surface area contributed by atoms with E-state index in [1.165, 1.54) is 0 Å². The number of benzene rings is 1. The Morgan fingerprint density at radius 3 is 2.70 bits per heavy atom. The molecule has 0 unspecified atom stereocenters. The van der Waals surface area contributed by atoms with Crippen molar-refractivity contribution < 1.29 is 14.3 Å². The van der Waals surface area contributed by atoms with Gasteiger partial charge in [0.25, 0.3) is 0 Å². The van der Waals surface area contributed by atoms with Gasteiger partial charge in [-0.2, -0.15) is 0 Å². The zero-order chi connectivity index (χ0) is 16.6. The Labute approximate surface area is 136 Å². The van der Waals surface area contributed by atoms with Crippen LogP contribution in [-0.2, 0) is 18.3 Å². The first-order chi connectivity index (χ1) is 10.9. The highest BCUT2D eigenvalue weighted by Gasteiger charge is 2.14. The largest absolute Gasteiger partial charge is 0.481 e. The monoisotopic (exact) mass is 332 g/mol. The normalized spacial score (nSPS) is 10.9. The second kappa shape index (κ2) is 5.85. The van der Waals surface area contributed by atoms with E-state index in [0.29, 0.717) is 10.6 Å². The molecule has 0 bridgehead atoms. The molecule has 0 saturated heterocycles. The summed E-state index contributed by atoms with van der Waals surface area (Å²) in [6.07, 6.45) is 1.44. The molecule has 23 heavy (non-hydrogen) atoms. The molecule has 0 aliphatic carbocycles. The third-order valence-electron chi connectivity index (χ3n) is 3.43. The lowest BCUT2D eigenvalue weighted by Crippen LogP contribution is -1.99. The summed E-state index contributed by atoms with van der Waals surface area (Å²) >= 11 is 6.19. The Balaban J connectivity index is 2.02. The number of hydrogen-bond donors (Lipinski definition) is 1. The fourth-order valence-electron chi connectivity index (χ4n) is 2.20. The predicted molar refractivity (Wildman–Crippen MR) is 83.0 cm³/mol. The minimum absolute atomic E-state index is 0.0467. The fraction of sp³-hybridized carbons (Fsp3) is 0.200. The third-order valence-corrected chi connectivity index (χ3v) is 3.65. The summed E-state index contributed by atoms with van der Waals surface area (Å²) < 4.78 is 7.32. The minimum atomic E-state index is -1.03. The summed E-state index contributed by atoms with van der Waals surface area (Å²) in [6, 6.07) is 5.35. The molecule has 118 valence electrons. The number of carboxylic acid groups (broad SMARTS) is 1. The van der Waals surface area contributed by atoms with E-state index in [4.69, 9.17) is 21.1 Å². The van der Waals surface area contributed by atoms with Crippen LogP contribution in [0.3, 0.4) is 0 Å². The second-order valence-corrected chi connectivity index (χ2v) is 5.49. The molecule has 1 aromatic carbocycles. The molecule has 0 atom stereocenters. The molecular formula is C15H13ClN4O3. The summed E-state index contributed by atoms with van der Waals surface area (Å²) in [7, 11) is 1.91. The first-order valence-corrected chi connectivity index (χ1v) is 7.15.